The van der Waals surface area contributed by atoms with E-state index in [-0.39, 0.29) is 40.7 Å². The Morgan fingerprint density at radius 2 is 1.89 bits per heavy atom. The number of phenolic OH excluding ortho intramolecular Hbond substituents is 1. The monoisotopic (exact) mass is 493 g/mol. The summed E-state index contributed by atoms with van der Waals surface area (Å²) in [5.74, 6) is -1.32. The summed E-state index contributed by atoms with van der Waals surface area (Å²) >= 11 is 0. The molecule has 11 heteroatoms. The average Bonchev–Trinajstić information content (AvgIpc) is 2.77. The molecular weight excluding hydrogens is 467 g/mol. The Balaban J connectivity index is 1.88. The van der Waals surface area contributed by atoms with Crippen LogP contribution in [0.2, 0.25) is 0 Å². The first-order valence-corrected chi connectivity index (χ1v) is 10.9. The summed E-state index contributed by atoms with van der Waals surface area (Å²) in [5, 5.41) is 16.2. The summed E-state index contributed by atoms with van der Waals surface area (Å²) in [7, 11) is 3.04. The molecule has 1 amide bonds. The van der Waals surface area contributed by atoms with Crippen LogP contribution in [0.3, 0.4) is 0 Å². The average molecular weight is 493 g/mol. The Labute approximate surface area is 199 Å². The van der Waals surface area contributed by atoms with Gasteiger partial charge in [0, 0.05) is 20.5 Å². The van der Waals surface area contributed by atoms with E-state index in [0.29, 0.717) is 12.0 Å². The summed E-state index contributed by atoms with van der Waals surface area (Å²) < 4.78 is 42.3. The molecule has 0 heterocycles. The van der Waals surface area contributed by atoms with Gasteiger partial charge in [-0.2, -0.15) is 0 Å². The molecule has 0 radical (unpaired) electrons. The van der Waals surface area contributed by atoms with E-state index in [0.717, 1.165) is 0 Å². The number of para-hydroxylation sites is 1. The number of benzene rings is 1. The number of carbonyl (C=O) groups excluding carboxylic acids is 1. The van der Waals surface area contributed by atoms with Crippen molar-refractivity contribution in [2.75, 3.05) is 24.7 Å². The number of aromatic hydroxyl groups is 1. The van der Waals surface area contributed by atoms with E-state index in [1.54, 1.807) is 19.9 Å². The van der Waals surface area contributed by atoms with Crippen LogP contribution in [0.4, 0.5) is 30.2 Å². The molecule has 3 rings (SSSR count). The first-order chi connectivity index (χ1) is 16.3. The van der Waals surface area contributed by atoms with E-state index < -0.39 is 34.9 Å². The standard InChI is InChI=1S/C24H26F3N3O5/c1-5-16(13-9-12(2)10-14(11-13)35-24(25,26)27)28-18-19(22(33)21(18)32)29-17-8-6-7-15(20(17)31)23(34)30(3)4/h6-9,11-12,16,28-29,31H,5,10H2,1-4H3. The molecule has 1 aliphatic carbocycles. The van der Waals surface area contributed by atoms with Gasteiger partial charge in [-0.05, 0) is 36.1 Å². The summed E-state index contributed by atoms with van der Waals surface area (Å²) in [6.07, 6.45) is -1.28. The second-order valence-corrected chi connectivity index (χ2v) is 8.55. The molecule has 35 heavy (non-hydrogen) atoms. The van der Waals surface area contributed by atoms with Crippen molar-refractivity contribution in [3.63, 3.8) is 0 Å². The van der Waals surface area contributed by atoms with Crippen molar-refractivity contribution in [1.82, 2.24) is 4.90 Å². The van der Waals surface area contributed by atoms with Crippen molar-refractivity contribution >= 4 is 23.0 Å². The van der Waals surface area contributed by atoms with Gasteiger partial charge in [-0.15, -0.1) is 13.2 Å². The van der Waals surface area contributed by atoms with Crippen molar-refractivity contribution in [3.8, 4) is 5.75 Å². The summed E-state index contributed by atoms with van der Waals surface area (Å²) in [5.41, 5.74) is -1.25. The number of rotatable bonds is 8. The van der Waals surface area contributed by atoms with Gasteiger partial charge in [0.25, 0.3) is 16.8 Å². The third kappa shape index (κ3) is 5.67. The second-order valence-electron chi connectivity index (χ2n) is 8.55. The molecular formula is C24H26F3N3O5. The predicted molar refractivity (Wildman–Crippen MR) is 126 cm³/mol. The van der Waals surface area contributed by atoms with E-state index >= 15 is 0 Å². The minimum Gasteiger partial charge on any atom is -0.505 e. The molecule has 0 aliphatic heterocycles. The fraction of sp³-hybridized carbons (Fsp3) is 0.375. The number of carbonyl (C=O) groups is 1. The van der Waals surface area contributed by atoms with Gasteiger partial charge in [0.15, 0.2) is 5.75 Å². The van der Waals surface area contributed by atoms with E-state index in [1.165, 1.54) is 43.3 Å². The molecule has 0 spiro atoms. The number of ether oxygens (including phenoxy) is 1. The molecule has 0 aromatic heterocycles. The maximum Gasteiger partial charge on any atom is 0.572 e. The third-order valence-corrected chi connectivity index (χ3v) is 5.55. The zero-order chi connectivity index (χ0) is 26.1. The fourth-order valence-corrected chi connectivity index (χ4v) is 3.87. The molecule has 0 saturated heterocycles. The number of hydrogen-bond acceptors (Lipinski definition) is 7. The van der Waals surface area contributed by atoms with Gasteiger partial charge < -0.3 is 25.4 Å². The van der Waals surface area contributed by atoms with Crippen LogP contribution in [0.25, 0.3) is 0 Å². The highest BCUT2D eigenvalue weighted by Crippen LogP contribution is 2.34. The molecule has 0 bridgehead atoms. The molecule has 0 saturated carbocycles. The van der Waals surface area contributed by atoms with Crippen molar-refractivity contribution in [2.24, 2.45) is 5.92 Å². The fourth-order valence-electron chi connectivity index (χ4n) is 3.87. The van der Waals surface area contributed by atoms with E-state index in [2.05, 4.69) is 15.4 Å². The molecule has 2 unspecified atom stereocenters. The Kier molecular flexibility index (Phi) is 7.27. The number of hydrogen-bond donors (Lipinski definition) is 3. The highest BCUT2D eigenvalue weighted by Gasteiger charge is 2.34. The third-order valence-electron chi connectivity index (χ3n) is 5.55. The van der Waals surface area contributed by atoms with Gasteiger partial charge in [0.2, 0.25) is 0 Å². The largest absolute Gasteiger partial charge is 0.572 e. The van der Waals surface area contributed by atoms with Gasteiger partial charge in [0.1, 0.15) is 17.1 Å². The maximum absolute atomic E-state index is 12.7. The highest BCUT2D eigenvalue weighted by atomic mass is 19.4. The molecule has 2 atom stereocenters. The number of nitrogens with zero attached hydrogens (tertiary/aromatic N) is 1. The van der Waals surface area contributed by atoms with Gasteiger partial charge in [-0.1, -0.05) is 26.0 Å². The van der Waals surface area contributed by atoms with Gasteiger partial charge in [-0.25, -0.2) is 0 Å². The van der Waals surface area contributed by atoms with Crippen LogP contribution in [0.5, 0.6) is 5.75 Å². The molecule has 3 N–H and O–H groups in total. The summed E-state index contributed by atoms with van der Waals surface area (Å²) in [6, 6.07) is 3.78. The first-order valence-electron chi connectivity index (χ1n) is 10.9. The van der Waals surface area contributed by atoms with E-state index in [4.69, 9.17) is 0 Å². The number of allylic oxidation sites excluding steroid dienone is 2. The van der Waals surface area contributed by atoms with E-state index in [1.807, 2.05) is 0 Å². The van der Waals surface area contributed by atoms with Gasteiger partial charge >= 0.3 is 6.36 Å². The van der Waals surface area contributed by atoms with Crippen LogP contribution in [0.1, 0.15) is 37.0 Å². The smallest absolute Gasteiger partial charge is 0.505 e. The lowest BCUT2D eigenvalue weighted by molar-refractivity contribution is -0.306. The van der Waals surface area contributed by atoms with Crippen LogP contribution >= 0.6 is 0 Å². The number of halogens is 3. The number of alkyl halides is 3. The van der Waals surface area contributed by atoms with Crippen molar-refractivity contribution in [1.29, 1.82) is 0 Å². The number of amides is 1. The number of anilines is 3. The highest BCUT2D eigenvalue weighted by molar-refractivity contribution is 5.99. The Bertz CT molecular complexity index is 1260. The summed E-state index contributed by atoms with van der Waals surface area (Å²) in [4.78, 5) is 38.1. The minimum absolute atomic E-state index is 0.00308. The Morgan fingerprint density at radius 1 is 1.23 bits per heavy atom. The Morgan fingerprint density at radius 3 is 2.49 bits per heavy atom. The molecule has 2 aromatic rings. The first kappa shape index (κ1) is 25.9. The zero-order valence-electron chi connectivity index (χ0n) is 19.6. The Hall–Kier alpha value is -3.76. The van der Waals surface area contributed by atoms with Crippen LogP contribution < -0.4 is 21.5 Å². The molecule has 8 nitrogen and oxygen atoms in total. The molecule has 1 aliphatic rings. The minimum atomic E-state index is -4.82. The van der Waals surface area contributed by atoms with E-state index in [9.17, 15) is 32.7 Å². The SMILES string of the molecule is CCC(Nc1c(Nc2cccc(C(=O)N(C)C)c2O)c(=O)c1=O)C1=CC(C)CC(OC(F)(F)F)=C1. The second kappa shape index (κ2) is 9.85. The summed E-state index contributed by atoms with van der Waals surface area (Å²) in [6.45, 7) is 3.52. The van der Waals surface area contributed by atoms with Crippen molar-refractivity contribution < 1.29 is 27.8 Å². The lowest BCUT2D eigenvalue weighted by Crippen LogP contribution is -2.39. The predicted octanol–water partition coefficient (Wildman–Crippen LogP) is 4.01. The maximum atomic E-state index is 12.7. The van der Waals surface area contributed by atoms with Gasteiger partial charge in [-0.3, -0.25) is 14.4 Å². The van der Waals surface area contributed by atoms with Crippen molar-refractivity contribution in [2.45, 2.75) is 39.1 Å². The van der Waals surface area contributed by atoms with Crippen LogP contribution in [0.15, 0.2) is 51.3 Å². The molecule has 2 aromatic carbocycles. The molecule has 0 fully saturated rings. The zero-order valence-corrected chi connectivity index (χ0v) is 19.6. The normalized spacial score (nSPS) is 16.8. The van der Waals surface area contributed by atoms with Crippen molar-refractivity contribution in [3.05, 3.63) is 67.7 Å². The lowest BCUT2D eigenvalue weighted by atomic mass is 9.91. The van der Waals surface area contributed by atoms with Crippen LogP contribution in [-0.4, -0.2) is 42.4 Å². The molecule has 188 valence electrons. The lowest BCUT2D eigenvalue weighted by Gasteiger charge is -2.27. The van der Waals surface area contributed by atoms with Crippen LogP contribution in [-0.2, 0) is 4.74 Å². The topological polar surface area (TPSA) is 108 Å². The van der Waals surface area contributed by atoms with Gasteiger partial charge in [0.05, 0.1) is 17.3 Å². The quantitative estimate of drug-likeness (QED) is 0.377. The number of nitrogens with one attached hydrogen (secondary N) is 2. The van der Waals surface area contributed by atoms with Crippen LogP contribution in [0, 0.1) is 5.92 Å². The number of phenols is 1.